The smallest absolute Gasteiger partial charge is 0.271 e. The van der Waals surface area contributed by atoms with Crippen molar-refractivity contribution in [2.75, 3.05) is 11.1 Å². The molecule has 4 fully saturated rings. The molecule has 1 aromatic carbocycles. The van der Waals surface area contributed by atoms with Crippen molar-refractivity contribution in [3.05, 3.63) is 28.3 Å². The number of nitrogens with two attached hydrogens (primary N) is 1. The number of rotatable bonds is 3. The lowest BCUT2D eigenvalue weighted by Crippen LogP contribution is -2.54. The molecule has 1 aromatic rings. The molecule has 5 nitrogen and oxygen atoms in total. The summed E-state index contributed by atoms with van der Waals surface area (Å²) in [6.07, 6.45) is 7.89. The van der Waals surface area contributed by atoms with Crippen molar-refractivity contribution in [2.24, 2.45) is 17.8 Å². The predicted octanol–water partition coefficient (Wildman–Crippen LogP) is 3.56. The van der Waals surface area contributed by atoms with Crippen molar-refractivity contribution < 1.29 is 4.92 Å². The summed E-state index contributed by atoms with van der Waals surface area (Å²) < 4.78 is 0. The van der Waals surface area contributed by atoms with Gasteiger partial charge in [-0.3, -0.25) is 10.1 Å². The monoisotopic (exact) mass is 287 g/mol. The number of benzene rings is 1. The molecule has 0 atom stereocenters. The standard InChI is InChI=1S/C16H21N3O2/c17-14-6-13(19(20)21)1-2-15(14)18-16-7-10-3-11(8-16)5-12(4-10)9-16/h1-2,6,10-12,18H,3-5,7-9,17H2. The molecule has 0 aromatic heterocycles. The van der Waals surface area contributed by atoms with E-state index < -0.39 is 4.92 Å². The van der Waals surface area contributed by atoms with Crippen LogP contribution in [0.15, 0.2) is 18.2 Å². The normalized spacial score (nSPS) is 36.7. The van der Waals surface area contributed by atoms with Gasteiger partial charge in [0.2, 0.25) is 0 Å². The van der Waals surface area contributed by atoms with Crippen LogP contribution < -0.4 is 11.1 Å². The summed E-state index contributed by atoms with van der Waals surface area (Å²) in [5, 5.41) is 14.5. The highest BCUT2D eigenvalue weighted by molar-refractivity contribution is 5.70. The second-order valence-electron chi connectivity index (χ2n) is 7.35. The number of nitrogens with zero attached hydrogens (tertiary/aromatic N) is 1. The topological polar surface area (TPSA) is 81.2 Å². The molecule has 4 aliphatic rings. The van der Waals surface area contributed by atoms with E-state index in [4.69, 9.17) is 5.73 Å². The fraction of sp³-hybridized carbons (Fsp3) is 0.625. The Labute approximate surface area is 124 Å². The maximum Gasteiger partial charge on any atom is 0.271 e. The summed E-state index contributed by atoms with van der Waals surface area (Å²) in [6.45, 7) is 0. The number of nitrogens with one attached hydrogen (secondary N) is 1. The molecule has 0 unspecified atom stereocenters. The van der Waals surface area contributed by atoms with Crippen molar-refractivity contribution in [3.8, 4) is 0 Å². The van der Waals surface area contributed by atoms with Crippen LogP contribution in [0.3, 0.4) is 0 Å². The fourth-order valence-corrected chi connectivity index (χ4v) is 5.33. The molecule has 4 bridgehead atoms. The summed E-state index contributed by atoms with van der Waals surface area (Å²) in [6, 6.07) is 4.77. The van der Waals surface area contributed by atoms with Crippen LogP contribution in [0, 0.1) is 27.9 Å². The molecule has 0 amide bonds. The highest BCUT2D eigenvalue weighted by atomic mass is 16.6. The number of nitro benzene ring substituents is 1. The van der Waals surface area contributed by atoms with Crippen LogP contribution in [0.25, 0.3) is 0 Å². The Balaban J connectivity index is 1.60. The van der Waals surface area contributed by atoms with Gasteiger partial charge in [-0.15, -0.1) is 0 Å². The summed E-state index contributed by atoms with van der Waals surface area (Å²) in [4.78, 5) is 10.4. The van der Waals surface area contributed by atoms with Crippen LogP contribution >= 0.6 is 0 Å². The third-order valence-corrected chi connectivity index (χ3v) is 5.68. The van der Waals surface area contributed by atoms with E-state index in [9.17, 15) is 10.1 Å². The predicted molar refractivity (Wildman–Crippen MR) is 82.0 cm³/mol. The first-order valence-electron chi connectivity index (χ1n) is 7.85. The molecule has 21 heavy (non-hydrogen) atoms. The third-order valence-electron chi connectivity index (χ3n) is 5.68. The van der Waals surface area contributed by atoms with Crippen LogP contribution in [0.5, 0.6) is 0 Å². The number of hydrogen-bond acceptors (Lipinski definition) is 4. The molecular weight excluding hydrogens is 266 g/mol. The average Bonchev–Trinajstić information content (AvgIpc) is 2.39. The molecule has 4 saturated carbocycles. The summed E-state index contributed by atoms with van der Waals surface area (Å²) in [5.74, 6) is 2.59. The molecule has 4 aliphatic carbocycles. The van der Waals surface area contributed by atoms with E-state index in [-0.39, 0.29) is 11.2 Å². The van der Waals surface area contributed by atoms with Crippen molar-refractivity contribution in [2.45, 2.75) is 44.1 Å². The van der Waals surface area contributed by atoms with Gasteiger partial charge in [-0.05, 0) is 62.3 Å². The van der Waals surface area contributed by atoms with Gasteiger partial charge < -0.3 is 11.1 Å². The van der Waals surface area contributed by atoms with Gasteiger partial charge in [-0.1, -0.05) is 0 Å². The minimum atomic E-state index is -0.398. The van der Waals surface area contributed by atoms with Gasteiger partial charge in [0.1, 0.15) is 0 Å². The molecular formula is C16H21N3O2. The van der Waals surface area contributed by atoms with Gasteiger partial charge in [0.05, 0.1) is 16.3 Å². The second-order valence-corrected chi connectivity index (χ2v) is 7.35. The molecule has 0 radical (unpaired) electrons. The van der Waals surface area contributed by atoms with Crippen molar-refractivity contribution in [1.82, 2.24) is 0 Å². The van der Waals surface area contributed by atoms with Gasteiger partial charge in [0.25, 0.3) is 5.69 Å². The number of hydrogen-bond donors (Lipinski definition) is 2. The first-order chi connectivity index (χ1) is 10.0. The first-order valence-corrected chi connectivity index (χ1v) is 7.85. The Morgan fingerprint density at radius 1 is 1.14 bits per heavy atom. The Hall–Kier alpha value is -1.78. The number of non-ortho nitro benzene ring substituents is 1. The summed E-state index contributed by atoms with van der Waals surface area (Å²) >= 11 is 0. The molecule has 5 heteroatoms. The highest BCUT2D eigenvalue weighted by Gasteiger charge is 2.51. The quantitative estimate of drug-likeness (QED) is 0.506. The van der Waals surface area contributed by atoms with E-state index in [1.807, 2.05) is 0 Å². The number of nitrogen functional groups attached to an aromatic ring is 1. The van der Waals surface area contributed by atoms with Gasteiger partial charge in [0, 0.05) is 17.7 Å². The summed E-state index contributed by atoms with van der Waals surface area (Å²) in [7, 11) is 0. The molecule has 5 rings (SSSR count). The van der Waals surface area contributed by atoms with E-state index in [0.29, 0.717) is 5.69 Å². The SMILES string of the molecule is Nc1cc([N+](=O)[O-])ccc1NC12CC3CC(CC(C3)C1)C2. The molecule has 0 saturated heterocycles. The van der Waals surface area contributed by atoms with Crippen LogP contribution in [-0.4, -0.2) is 10.5 Å². The van der Waals surface area contributed by atoms with Crippen molar-refractivity contribution in [3.63, 3.8) is 0 Å². The Morgan fingerprint density at radius 3 is 2.19 bits per heavy atom. The van der Waals surface area contributed by atoms with E-state index in [1.165, 1.54) is 44.6 Å². The molecule has 0 aliphatic heterocycles. The number of anilines is 2. The fourth-order valence-electron chi connectivity index (χ4n) is 5.33. The van der Waals surface area contributed by atoms with Crippen LogP contribution in [0.4, 0.5) is 17.1 Å². The zero-order chi connectivity index (χ0) is 14.6. The third kappa shape index (κ3) is 2.15. The van der Waals surface area contributed by atoms with Crippen LogP contribution in [0.2, 0.25) is 0 Å². The van der Waals surface area contributed by atoms with Crippen LogP contribution in [0.1, 0.15) is 38.5 Å². The lowest BCUT2D eigenvalue weighted by atomic mass is 9.53. The Morgan fingerprint density at radius 2 is 1.71 bits per heavy atom. The zero-order valence-corrected chi connectivity index (χ0v) is 12.0. The lowest BCUT2D eigenvalue weighted by molar-refractivity contribution is -0.384. The zero-order valence-electron chi connectivity index (χ0n) is 12.0. The maximum absolute atomic E-state index is 10.8. The van der Waals surface area contributed by atoms with Gasteiger partial charge >= 0.3 is 0 Å². The summed E-state index contributed by atoms with van der Waals surface area (Å²) in [5.41, 5.74) is 7.61. The van der Waals surface area contributed by atoms with E-state index in [1.54, 1.807) is 12.1 Å². The Kier molecular flexibility index (Phi) is 2.68. The van der Waals surface area contributed by atoms with E-state index in [0.717, 1.165) is 23.4 Å². The largest absolute Gasteiger partial charge is 0.397 e. The molecule has 112 valence electrons. The molecule has 3 N–H and O–H groups in total. The minimum absolute atomic E-state index is 0.0589. The van der Waals surface area contributed by atoms with Crippen LogP contribution in [-0.2, 0) is 0 Å². The first kappa shape index (κ1) is 12.9. The van der Waals surface area contributed by atoms with Gasteiger partial charge in [-0.25, -0.2) is 0 Å². The lowest BCUT2D eigenvalue weighted by Gasteiger charge is -2.57. The Bertz CT molecular complexity index is 564. The minimum Gasteiger partial charge on any atom is -0.397 e. The average molecular weight is 287 g/mol. The van der Waals surface area contributed by atoms with Gasteiger partial charge in [0.15, 0.2) is 0 Å². The van der Waals surface area contributed by atoms with Gasteiger partial charge in [-0.2, -0.15) is 0 Å². The molecule has 0 heterocycles. The maximum atomic E-state index is 10.8. The highest BCUT2D eigenvalue weighted by Crippen LogP contribution is 2.56. The van der Waals surface area contributed by atoms with Crippen molar-refractivity contribution in [1.29, 1.82) is 0 Å². The van der Waals surface area contributed by atoms with Crippen molar-refractivity contribution >= 4 is 17.1 Å². The number of nitro groups is 1. The second kappa shape index (κ2) is 4.36. The van der Waals surface area contributed by atoms with E-state index >= 15 is 0 Å². The molecule has 0 spiro atoms. The van der Waals surface area contributed by atoms with E-state index in [2.05, 4.69) is 5.32 Å².